The summed E-state index contributed by atoms with van der Waals surface area (Å²) in [5, 5.41) is 3.87. The highest BCUT2D eigenvalue weighted by molar-refractivity contribution is 4.92. The summed E-state index contributed by atoms with van der Waals surface area (Å²) in [5.41, 5.74) is 0.553. The molecule has 1 fully saturated rings. The second kappa shape index (κ2) is 7.53. The Kier molecular flexibility index (Phi) is 6.70. The summed E-state index contributed by atoms with van der Waals surface area (Å²) in [7, 11) is 0. The first-order valence-electron chi connectivity index (χ1n) is 8.28. The smallest absolute Gasteiger partial charge is 0.0103 e. The summed E-state index contributed by atoms with van der Waals surface area (Å²) in [4.78, 5) is 0. The molecule has 0 saturated heterocycles. The molecule has 0 heterocycles. The highest BCUT2D eigenvalue weighted by Gasteiger charge is 2.39. The minimum absolute atomic E-state index is 0.553. The summed E-state index contributed by atoms with van der Waals surface area (Å²) in [6.45, 7) is 13.1. The zero-order valence-electron chi connectivity index (χ0n) is 13.4. The van der Waals surface area contributed by atoms with Crippen molar-refractivity contribution in [3.05, 3.63) is 0 Å². The molecule has 0 bridgehead atoms. The molecule has 1 rings (SSSR count). The zero-order valence-corrected chi connectivity index (χ0v) is 13.4. The minimum Gasteiger partial charge on any atom is -0.314 e. The summed E-state index contributed by atoms with van der Waals surface area (Å²) in [6, 6.07) is 0.757. The molecular weight excluding hydrogens is 218 g/mol. The van der Waals surface area contributed by atoms with Crippen molar-refractivity contribution in [3.63, 3.8) is 0 Å². The SMILES string of the molecule is CCCNC(CC(CC)CC)C1CCCC1(C)C. The molecule has 0 amide bonds. The Morgan fingerprint density at radius 2 is 1.83 bits per heavy atom. The fourth-order valence-corrected chi connectivity index (χ4v) is 3.80. The van der Waals surface area contributed by atoms with E-state index >= 15 is 0 Å². The standard InChI is InChI=1S/C17H35N/c1-6-12-18-16(13-14(7-2)8-3)15-10-9-11-17(15,4)5/h14-16,18H,6-13H2,1-5H3. The van der Waals surface area contributed by atoms with Crippen LogP contribution in [0.5, 0.6) is 0 Å². The second-order valence-corrected chi connectivity index (χ2v) is 6.97. The number of hydrogen-bond donors (Lipinski definition) is 1. The predicted octanol–water partition coefficient (Wildman–Crippen LogP) is 5.01. The summed E-state index contributed by atoms with van der Waals surface area (Å²) < 4.78 is 0. The van der Waals surface area contributed by atoms with Gasteiger partial charge in [-0.05, 0) is 49.5 Å². The Hall–Kier alpha value is -0.0400. The highest BCUT2D eigenvalue weighted by atomic mass is 14.9. The fourth-order valence-electron chi connectivity index (χ4n) is 3.80. The Balaban J connectivity index is 2.64. The van der Waals surface area contributed by atoms with E-state index in [1.807, 2.05) is 0 Å². The van der Waals surface area contributed by atoms with Crippen molar-refractivity contribution >= 4 is 0 Å². The van der Waals surface area contributed by atoms with Crippen molar-refractivity contribution in [1.29, 1.82) is 0 Å². The van der Waals surface area contributed by atoms with Gasteiger partial charge in [-0.1, -0.05) is 53.9 Å². The quantitative estimate of drug-likeness (QED) is 0.641. The molecule has 2 atom stereocenters. The third-order valence-corrected chi connectivity index (χ3v) is 5.22. The Morgan fingerprint density at radius 3 is 2.28 bits per heavy atom. The van der Waals surface area contributed by atoms with Gasteiger partial charge >= 0.3 is 0 Å². The molecule has 108 valence electrons. The normalized spacial score (nSPS) is 24.7. The molecule has 18 heavy (non-hydrogen) atoms. The topological polar surface area (TPSA) is 12.0 Å². The first-order chi connectivity index (χ1) is 8.55. The summed E-state index contributed by atoms with van der Waals surface area (Å²) in [5.74, 6) is 1.81. The van der Waals surface area contributed by atoms with Crippen molar-refractivity contribution < 1.29 is 0 Å². The van der Waals surface area contributed by atoms with Gasteiger partial charge in [-0.2, -0.15) is 0 Å². The van der Waals surface area contributed by atoms with Gasteiger partial charge in [0.1, 0.15) is 0 Å². The van der Waals surface area contributed by atoms with Crippen molar-refractivity contribution in [1.82, 2.24) is 5.32 Å². The van der Waals surface area contributed by atoms with Gasteiger partial charge in [0.05, 0.1) is 0 Å². The van der Waals surface area contributed by atoms with Crippen molar-refractivity contribution in [3.8, 4) is 0 Å². The maximum absolute atomic E-state index is 3.87. The lowest BCUT2D eigenvalue weighted by atomic mass is 9.74. The average Bonchev–Trinajstić information content (AvgIpc) is 2.70. The molecule has 1 heteroatoms. The van der Waals surface area contributed by atoms with E-state index < -0.39 is 0 Å². The molecule has 0 spiro atoms. The van der Waals surface area contributed by atoms with Gasteiger partial charge in [-0.3, -0.25) is 0 Å². The summed E-state index contributed by atoms with van der Waals surface area (Å²) in [6.07, 6.45) is 9.62. The molecule has 0 aromatic rings. The van der Waals surface area contributed by atoms with Crippen molar-refractivity contribution in [2.24, 2.45) is 17.3 Å². The number of rotatable bonds is 8. The molecule has 0 radical (unpaired) electrons. The van der Waals surface area contributed by atoms with E-state index in [0.717, 1.165) is 17.9 Å². The van der Waals surface area contributed by atoms with Gasteiger partial charge in [0, 0.05) is 6.04 Å². The van der Waals surface area contributed by atoms with Crippen LogP contribution in [0.4, 0.5) is 0 Å². The number of hydrogen-bond acceptors (Lipinski definition) is 1. The van der Waals surface area contributed by atoms with E-state index in [0.29, 0.717) is 5.41 Å². The Labute approximate surface area is 115 Å². The van der Waals surface area contributed by atoms with Gasteiger partial charge < -0.3 is 5.32 Å². The molecule has 1 nitrogen and oxygen atoms in total. The third kappa shape index (κ3) is 4.26. The van der Waals surface area contributed by atoms with Crippen LogP contribution in [0.2, 0.25) is 0 Å². The van der Waals surface area contributed by atoms with E-state index in [-0.39, 0.29) is 0 Å². The molecule has 1 aliphatic carbocycles. The van der Waals surface area contributed by atoms with Gasteiger partial charge in [0.15, 0.2) is 0 Å². The van der Waals surface area contributed by atoms with Crippen LogP contribution in [-0.4, -0.2) is 12.6 Å². The van der Waals surface area contributed by atoms with E-state index in [4.69, 9.17) is 0 Å². The molecule has 2 unspecified atom stereocenters. The molecule has 1 aliphatic rings. The molecule has 0 aromatic heterocycles. The molecule has 0 aromatic carbocycles. The van der Waals surface area contributed by atoms with Crippen LogP contribution in [-0.2, 0) is 0 Å². The highest BCUT2D eigenvalue weighted by Crippen LogP contribution is 2.45. The average molecular weight is 253 g/mol. The van der Waals surface area contributed by atoms with Gasteiger partial charge in [0.2, 0.25) is 0 Å². The monoisotopic (exact) mass is 253 g/mol. The van der Waals surface area contributed by atoms with Gasteiger partial charge in [-0.15, -0.1) is 0 Å². The lowest BCUT2D eigenvalue weighted by Crippen LogP contribution is -2.42. The first-order valence-corrected chi connectivity index (χ1v) is 8.28. The summed E-state index contributed by atoms with van der Waals surface area (Å²) >= 11 is 0. The lowest BCUT2D eigenvalue weighted by Gasteiger charge is -2.36. The van der Waals surface area contributed by atoms with Crippen LogP contribution in [0.25, 0.3) is 0 Å². The van der Waals surface area contributed by atoms with E-state index in [1.165, 1.54) is 51.5 Å². The largest absolute Gasteiger partial charge is 0.314 e. The van der Waals surface area contributed by atoms with E-state index in [1.54, 1.807) is 0 Å². The Bertz CT molecular complexity index is 218. The van der Waals surface area contributed by atoms with Crippen LogP contribution in [0.3, 0.4) is 0 Å². The minimum atomic E-state index is 0.553. The molecule has 1 N–H and O–H groups in total. The van der Waals surface area contributed by atoms with Crippen LogP contribution in [0.15, 0.2) is 0 Å². The fraction of sp³-hybridized carbons (Fsp3) is 1.00. The van der Waals surface area contributed by atoms with Crippen LogP contribution < -0.4 is 5.32 Å². The molecule has 0 aliphatic heterocycles. The Morgan fingerprint density at radius 1 is 1.17 bits per heavy atom. The van der Waals surface area contributed by atoms with Gasteiger partial charge in [-0.25, -0.2) is 0 Å². The van der Waals surface area contributed by atoms with Crippen LogP contribution in [0.1, 0.15) is 79.6 Å². The molecular formula is C17H35N. The van der Waals surface area contributed by atoms with Crippen molar-refractivity contribution in [2.45, 2.75) is 85.6 Å². The van der Waals surface area contributed by atoms with E-state index in [2.05, 4.69) is 39.9 Å². The third-order valence-electron chi connectivity index (χ3n) is 5.22. The first kappa shape index (κ1) is 16.0. The van der Waals surface area contributed by atoms with Crippen LogP contribution in [0, 0.1) is 17.3 Å². The predicted molar refractivity (Wildman–Crippen MR) is 81.9 cm³/mol. The molecule has 1 saturated carbocycles. The second-order valence-electron chi connectivity index (χ2n) is 6.97. The van der Waals surface area contributed by atoms with Gasteiger partial charge in [0.25, 0.3) is 0 Å². The van der Waals surface area contributed by atoms with Crippen LogP contribution >= 0.6 is 0 Å². The van der Waals surface area contributed by atoms with Crippen molar-refractivity contribution in [2.75, 3.05) is 6.54 Å². The number of nitrogens with one attached hydrogen (secondary N) is 1. The lowest BCUT2D eigenvalue weighted by molar-refractivity contribution is 0.172. The maximum atomic E-state index is 3.87. The maximum Gasteiger partial charge on any atom is 0.0103 e. The zero-order chi connectivity index (χ0) is 13.6. The van der Waals surface area contributed by atoms with E-state index in [9.17, 15) is 0 Å².